The average molecular weight is 451 g/mol. The van der Waals surface area contributed by atoms with E-state index in [0.29, 0.717) is 11.3 Å². The topological polar surface area (TPSA) is 132 Å². The number of Topliss-reactive ketones (excluding diaryl/α,β-unsaturated/α-hetero) is 1. The molecule has 0 fully saturated rings. The Morgan fingerprint density at radius 3 is 2.32 bits per heavy atom. The summed E-state index contributed by atoms with van der Waals surface area (Å²) in [6.07, 6.45) is 0. The van der Waals surface area contributed by atoms with Gasteiger partial charge in [0.15, 0.2) is 6.61 Å². The Balaban J connectivity index is 1.98. The van der Waals surface area contributed by atoms with Gasteiger partial charge in [-0.25, -0.2) is 13.2 Å². The number of hydrogen-bond donors (Lipinski definition) is 2. The largest absolute Gasteiger partial charge is 0.461 e. The Labute approximate surface area is 181 Å². The summed E-state index contributed by atoms with van der Waals surface area (Å²) in [7, 11) is -3.90. The summed E-state index contributed by atoms with van der Waals surface area (Å²) in [4.78, 5) is 39.2. The summed E-state index contributed by atoms with van der Waals surface area (Å²) in [6.45, 7) is 7.49. The van der Waals surface area contributed by atoms with Gasteiger partial charge in [0.25, 0.3) is 0 Å². The lowest BCUT2D eigenvalue weighted by atomic mass is 10.1. The van der Waals surface area contributed by atoms with Crippen LogP contribution in [0.4, 0.5) is 0 Å². The zero-order valence-electron chi connectivity index (χ0n) is 18.1. The number of carbonyl (C=O) groups excluding carboxylic acids is 3. The molecule has 2 rings (SSSR count). The molecule has 0 unspecified atom stereocenters. The highest BCUT2D eigenvalue weighted by atomic mass is 32.2. The molecule has 0 spiro atoms. The molecule has 2 aromatic rings. The molecule has 1 aromatic carbocycles. The molecule has 0 saturated heterocycles. The molecular weight excluding hydrogens is 424 g/mol. The number of ketones is 1. The van der Waals surface area contributed by atoms with Crippen molar-refractivity contribution in [1.82, 2.24) is 9.71 Å². The second-order valence-electron chi connectivity index (χ2n) is 7.00. The van der Waals surface area contributed by atoms with Crippen LogP contribution >= 0.6 is 0 Å². The summed E-state index contributed by atoms with van der Waals surface area (Å²) >= 11 is 0. The van der Waals surface area contributed by atoms with E-state index in [1.807, 2.05) is 6.92 Å². The third kappa shape index (κ3) is 5.80. The van der Waals surface area contributed by atoms with Crippen molar-refractivity contribution in [3.05, 3.63) is 51.8 Å². The maximum Gasteiger partial charge on any atom is 0.355 e. The highest BCUT2D eigenvalue weighted by molar-refractivity contribution is 7.89. The Hall–Kier alpha value is -2.98. The Morgan fingerprint density at radius 1 is 1.03 bits per heavy atom. The van der Waals surface area contributed by atoms with Crippen LogP contribution in [0.1, 0.15) is 50.2 Å². The SMILES string of the molecule is CCOC(=O)c1[nH]c(C)c(C(=O)COC(=O)CNS(=O)(=O)c2ccc(C)c(C)c2)c1C. The third-order valence-electron chi connectivity index (χ3n) is 4.76. The molecule has 0 saturated carbocycles. The summed E-state index contributed by atoms with van der Waals surface area (Å²) in [5, 5.41) is 0. The normalized spacial score (nSPS) is 11.3. The van der Waals surface area contributed by atoms with Crippen LogP contribution < -0.4 is 4.72 Å². The van der Waals surface area contributed by atoms with Gasteiger partial charge < -0.3 is 14.5 Å². The van der Waals surface area contributed by atoms with Gasteiger partial charge >= 0.3 is 11.9 Å². The predicted octanol–water partition coefficient (Wildman–Crippen LogP) is 2.13. The van der Waals surface area contributed by atoms with E-state index in [2.05, 4.69) is 9.71 Å². The molecule has 0 aliphatic rings. The lowest BCUT2D eigenvalue weighted by Crippen LogP contribution is -2.31. The van der Waals surface area contributed by atoms with Crippen molar-refractivity contribution in [1.29, 1.82) is 0 Å². The zero-order valence-corrected chi connectivity index (χ0v) is 18.9. The molecule has 0 amide bonds. The second-order valence-corrected chi connectivity index (χ2v) is 8.77. The molecule has 10 heteroatoms. The first-order chi connectivity index (χ1) is 14.5. The number of nitrogens with one attached hydrogen (secondary N) is 2. The van der Waals surface area contributed by atoms with Crippen LogP contribution in [-0.4, -0.2) is 50.9 Å². The summed E-state index contributed by atoms with van der Waals surface area (Å²) in [6, 6.07) is 4.62. The van der Waals surface area contributed by atoms with E-state index in [-0.39, 0.29) is 22.8 Å². The van der Waals surface area contributed by atoms with Gasteiger partial charge in [0.1, 0.15) is 12.2 Å². The first-order valence-corrected chi connectivity index (χ1v) is 11.1. The van der Waals surface area contributed by atoms with E-state index in [0.717, 1.165) is 11.1 Å². The van der Waals surface area contributed by atoms with Crippen LogP contribution in [0, 0.1) is 27.7 Å². The minimum absolute atomic E-state index is 0.0320. The van der Waals surface area contributed by atoms with Crippen LogP contribution in [0.2, 0.25) is 0 Å². The van der Waals surface area contributed by atoms with E-state index in [1.54, 1.807) is 33.8 Å². The number of carbonyl (C=O) groups is 3. The number of H-pyrrole nitrogens is 1. The Morgan fingerprint density at radius 2 is 1.71 bits per heavy atom. The van der Waals surface area contributed by atoms with Crippen LogP contribution in [0.25, 0.3) is 0 Å². The van der Waals surface area contributed by atoms with Gasteiger partial charge in [-0.15, -0.1) is 0 Å². The first-order valence-electron chi connectivity index (χ1n) is 9.60. The maximum absolute atomic E-state index is 12.5. The maximum atomic E-state index is 12.5. The van der Waals surface area contributed by atoms with Gasteiger partial charge in [0, 0.05) is 11.3 Å². The van der Waals surface area contributed by atoms with E-state index >= 15 is 0 Å². The first kappa shape index (κ1) is 24.3. The summed E-state index contributed by atoms with van der Waals surface area (Å²) in [5.41, 5.74) is 2.97. The second kappa shape index (κ2) is 9.88. The van der Waals surface area contributed by atoms with Gasteiger partial charge in [0.2, 0.25) is 15.8 Å². The summed E-state index contributed by atoms with van der Waals surface area (Å²) < 4.78 is 36.7. The fourth-order valence-corrected chi connectivity index (χ4v) is 4.02. The zero-order chi connectivity index (χ0) is 23.3. The van der Waals surface area contributed by atoms with Gasteiger partial charge in [-0.3, -0.25) is 9.59 Å². The van der Waals surface area contributed by atoms with E-state index in [1.165, 1.54) is 12.1 Å². The molecule has 9 nitrogen and oxygen atoms in total. The molecule has 1 heterocycles. The Bertz CT molecular complexity index is 1120. The highest BCUT2D eigenvalue weighted by Crippen LogP contribution is 2.19. The van der Waals surface area contributed by atoms with Gasteiger partial charge in [-0.1, -0.05) is 6.07 Å². The van der Waals surface area contributed by atoms with Crippen molar-refractivity contribution in [2.75, 3.05) is 19.8 Å². The van der Waals surface area contributed by atoms with Gasteiger partial charge in [-0.2, -0.15) is 4.72 Å². The molecule has 168 valence electrons. The fourth-order valence-electron chi connectivity index (χ4n) is 2.96. The highest BCUT2D eigenvalue weighted by Gasteiger charge is 2.24. The van der Waals surface area contributed by atoms with E-state index in [4.69, 9.17) is 9.47 Å². The molecule has 0 radical (unpaired) electrons. The van der Waals surface area contributed by atoms with Crippen molar-refractivity contribution in [2.45, 2.75) is 39.5 Å². The lowest BCUT2D eigenvalue weighted by molar-refractivity contribution is -0.141. The van der Waals surface area contributed by atoms with Crippen molar-refractivity contribution in [3.63, 3.8) is 0 Å². The van der Waals surface area contributed by atoms with Crippen LogP contribution in [0.3, 0.4) is 0 Å². The number of esters is 2. The van der Waals surface area contributed by atoms with Gasteiger partial charge in [-0.05, 0) is 63.4 Å². The number of aromatic amines is 1. The van der Waals surface area contributed by atoms with Crippen molar-refractivity contribution >= 4 is 27.7 Å². The molecule has 0 aliphatic carbocycles. The number of ether oxygens (including phenoxy) is 2. The van der Waals surface area contributed by atoms with Crippen LogP contribution in [-0.2, 0) is 24.3 Å². The van der Waals surface area contributed by atoms with E-state index in [9.17, 15) is 22.8 Å². The summed E-state index contributed by atoms with van der Waals surface area (Å²) in [5.74, 6) is -2.01. The number of aryl methyl sites for hydroxylation is 3. The monoisotopic (exact) mass is 450 g/mol. The molecule has 0 bridgehead atoms. The third-order valence-corrected chi connectivity index (χ3v) is 6.15. The van der Waals surface area contributed by atoms with E-state index < -0.39 is 40.9 Å². The molecule has 0 aliphatic heterocycles. The number of hydrogen-bond acceptors (Lipinski definition) is 7. The molecule has 2 N–H and O–H groups in total. The fraction of sp³-hybridized carbons (Fsp3) is 0.381. The molecule has 31 heavy (non-hydrogen) atoms. The smallest absolute Gasteiger partial charge is 0.355 e. The van der Waals surface area contributed by atoms with Crippen molar-refractivity contribution in [2.24, 2.45) is 0 Å². The number of benzene rings is 1. The quantitative estimate of drug-likeness (QED) is 0.442. The number of aromatic nitrogens is 1. The van der Waals surface area contributed by atoms with Crippen molar-refractivity contribution in [3.8, 4) is 0 Å². The van der Waals surface area contributed by atoms with Gasteiger partial charge in [0.05, 0.1) is 11.5 Å². The number of rotatable bonds is 9. The molecule has 1 aromatic heterocycles. The molecule has 0 atom stereocenters. The number of sulfonamides is 1. The lowest BCUT2D eigenvalue weighted by Gasteiger charge is -2.09. The van der Waals surface area contributed by atoms with Crippen molar-refractivity contribution < 1.29 is 32.3 Å². The average Bonchev–Trinajstić information content (AvgIpc) is 3.01. The van der Waals surface area contributed by atoms with Crippen LogP contribution in [0.5, 0.6) is 0 Å². The molecular formula is C21H26N2O7S. The minimum atomic E-state index is -3.90. The minimum Gasteiger partial charge on any atom is -0.461 e. The predicted molar refractivity (Wildman–Crippen MR) is 113 cm³/mol. The standard InChI is InChI=1S/C21H26N2O7S/c1-6-29-21(26)20-14(4)19(15(5)23-20)17(24)11-30-18(25)10-22-31(27,28)16-8-7-12(2)13(3)9-16/h7-9,22-23H,6,10-11H2,1-5H3. The Kier molecular flexibility index (Phi) is 7.75. The van der Waals surface area contributed by atoms with Crippen LogP contribution in [0.15, 0.2) is 23.1 Å².